The number of carboxylic acids is 1. The number of carboxylic acid groups (broad SMARTS) is 1. The Balaban J connectivity index is 2.52. The summed E-state index contributed by atoms with van der Waals surface area (Å²) in [6, 6.07) is -0.841. The second-order valence-electron chi connectivity index (χ2n) is 4.58. The third-order valence-electron chi connectivity index (χ3n) is 2.75. The molecule has 5 heteroatoms. The van der Waals surface area contributed by atoms with Gasteiger partial charge in [-0.25, -0.2) is 4.79 Å². The molecule has 1 aliphatic heterocycles. The minimum Gasteiger partial charge on any atom is -0.480 e. The Morgan fingerprint density at radius 3 is 2.38 bits per heavy atom. The number of ether oxygens (including phenoxy) is 1. The summed E-state index contributed by atoms with van der Waals surface area (Å²) in [6.45, 7) is 5.43. The quantitative estimate of drug-likeness (QED) is 0.747. The molecule has 5 nitrogen and oxygen atoms in total. The van der Waals surface area contributed by atoms with Gasteiger partial charge in [0.1, 0.15) is 12.1 Å². The van der Waals surface area contributed by atoms with Crippen molar-refractivity contribution in [1.82, 2.24) is 5.32 Å². The summed E-state index contributed by atoms with van der Waals surface area (Å²) in [7, 11) is 0. The second-order valence-corrected chi connectivity index (χ2v) is 4.58. The van der Waals surface area contributed by atoms with Crippen LogP contribution in [0.1, 0.15) is 33.6 Å². The summed E-state index contributed by atoms with van der Waals surface area (Å²) in [4.78, 5) is 22.6. The highest BCUT2D eigenvalue weighted by atomic mass is 16.5. The van der Waals surface area contributed by atoms with Crippen LogP contribution in [-0.2, 0) is 14.3 Å². The van der Waals surface area contributed by atoms with Gasteiger partial charge in [-0.3, -0.25) is 4.79 Å². The molecule has 0 aromatic heterocycles. The first-order valence-corrected chi connectivity index (χ1v) is 5.60. The van der Waals surface area contributed by atoms with Gasteiger partial charge in [-0.2, -0.15) is 0 Å². The lowest BCUT2D eigenvalue weighted by atomic mass is 10.0. The van der Waals surface area contributed by atoms with E-state index in [4.69, 9.17) is 9.84 Å². The predicted molar refractivity (Wildman–Crippen MR) is 58.0 cm³/mol. The molecule has 2 unspecified atom stereocenters. The van der Waals surface area contributed by atoms with Crippen molar-refractivity contribution in [3.05, 3.63) is 0 Å². The van der Waals surface area contributed by atoms with Gasteiger partial charge in [0, 0.05) is 0 Å². The van der Waals surface area contributed by atoms with Gasteiger partial charge >= 0.3 is 5.97 Å². The molecule has 0 aromatic rings. The highest BCUT2D eigenvalue weighted by Gasteiger charge is 2.32. The fourth-order valence-electron chi connectivity index (χ4n) is 1.76. The van der Waals surface area contributed by atoms with Crippen LogP contribution in [0.15, 0.2) is 0 Å². The van der Waals surface area contributed by atoms with Gasteiger partial charge in [0.05, 0.1) is 6.10 Å². The Bertz CT molecular complexity index is 277. The van der Waals surface area contributed by atoms with Gasteiger partial charge < -0.3 is 15.2 Å². The number of aliphatic carboxylic acids is 1. The van der Waals surface area contributed by atoms with Crippen LogP contribution in [0.3, 0.4) is 0 Å². The fraction of sp³-hybridized carbons (Fsp3) is 0.818. The van der Waals surface area contributed by atoms with Crippen molar-refractivity contribution in [2.24, 2.45) is 5.92 Å². The van der Waals surface area contributed by atoms with Gasteiger partial charge in [-0.05, 0) is 25.7 Å². The molecular formula is C11H19NO4. The van der Waals surface area contributed by atoms with Crippen LogP contribution in [0, 0.1) is 5.92 Å². The van der Waals surface area contributed by atoms with Crippen molar-refractivity contribution in [2.75, 3.05) is 0 Å². The van der Waals surface area contributed by atoms with Crippen LogP contribution in [0.2, 0.25) is 0 Å². The number of hydrogen-bond acceptors (Lipinski definition) is 3. The Morgan fingerprint density at radius 1 is 1.38 bits per heavy atom. The first-order chi connectivity index (χ1) is 7.41. The number of amides is 1. The number of hydrogen-bond donors (Lipinski definition) is 2. The summed E-state index contributed by atoms with van der Waals surface area (Å²) >= 11 is 0. The fourth-order valence-corrected chi connectivity index (χ4v) is 1.76. The van der Waals surface area contributed by atoms with Crippen molar-refractivity contribution in [2.45, 2.75) is 51.9 Å². The van der Waals surface area contributed by atoms with Crippen molar-refractivity contribution < 1.29 is 19.4 Å². The van der Waals surface area contributed by atoms with E-state index in [2.05, 4.69) is 5.32 Å². The molecule has 1 rings (SSSR count). The zero-order valence-electron chi connectivity index (χ0n) is 9.90. The first kappa shape index (κ1) is 13.0. The first-order valence-electron chi connectivity index (χ1n) is 5.60. The van der Waals surface area contributed by atoms with Crippen LogP contribution >= 0.6 is 0 Å². The van der Waals surface area contributed by atoms with Crippen molar-refractivity contribution in [3.8, 4) is 0 Å². The third kappa shape index (κ3) is 3.20. The predicted octanol–water partition coefficient (Wildman–Crippen LogP) is 0.779. The van der Waals surface area contributed by atoms with Crippen molar-refractivity contribution >= 4 is 11.9 Å². The van der Waals surface area contributed by atoms with Gasteiger partial charge in [0.2, 0.25) is 5.91 Å². The molecule has 0 saturated carbocycles. The molecule has 2 N–H and O–H groups in total. The number of rotatable bonds is 4. The SMILES string of the molecule is CC1CCC(C(=O)N[C@@H](C(=O)O)C(C)C)O1. The highest BCUT2D eigenvalue weighted by molar-refractivity contribution is 5.86. The second kappa shape index (κ2) is 5.30. The maximum absolute atomic E-state index is 11.7. The molecule has 92 valence electrons. The zero-order valence-corrected chi connectivity index (χ0v) is 9.90. The van der Waals surface area contributed by atoms with Gasteiger partial charge in [0.15, 0.2) is 0 Å². The minimum absolute atomic E-state index is 0.0816. The number of nitrogens with one attached hydrogen (secondary N) is 1. The van der Waals surface area contributed by atoms with Crippen LogP contribution < -0.4 is 5.32 Å². The smallest absolute Gasteiger partial charge is 0.326 e. The van der Waals surface area contributed by atoms with Crippen LogP contribution in [0.5, 0.6) is 0 Å². The lowest BCUT2D eigenvalue weighted by Gasteiger charge is -2.20. The van der Waals surface area contributed by atoms with Gasteiger partial charge in [0.25, 0.3) is 0 Å². The zero-order chi connectivity index (χ0) is 12.3. The van der Waals surface area contributed by atoms with Gasteiger partial charge in [-0.15, -0.1) is 0 Å². The average molecular weight is 229 g/mol. The molecule has 16 heavy (non-hydrogen) atoms. The molecule has 1 heterocycles. The Morgan fingerprint density at radius 2 is 2.00 bits per heavy atom. The summed E-state index contributed by atoms with van der Waals surface area (Å²) in [6.07, 6.45) is 1.10. The van der Waals surface area contributed by atoms with E-state index < -0.39 is 18.1 Å². The molecule has 0 bridgehead atoms. The standard InChI is InChI=1S/C11H19NO4/c1-6(2)9(11(14)15)12-10(13)8-5-4-7(3)16-8/h6-9H,4-5H2,1-3H3,(H,12,13)(H,14,15)/t7?,8?,9-/m1/s1. The van der Waals surface area contributed by atoms with E-state index >= 15 is 0 Å². The number of carbonyl (C=O) groups excluding carboxylic acids is 1. The van der Waals surface area contributed by atoms with E-state index in [9.17, 15) is 9.59 Å². The molecule has 0 spiro atoms. The van der Waals surface area contributed by atoms with E-state index in [-0.39, 0.29) is 17.9 Å². The Labute approximate surface area is 95.2 Å². The van der Waals surface area contributed by atoms with Gasteiger partial charge in [-0.1, -0.05) is 13.8 Å². The summed E-state index contributed by atoms with van der Waals surface area (Å²) < 4.78 is 5.38. The molecule has 1 saturated heterocycles. The number of carbonyl (C=O) groups is 2. The molecule has 3 atom stereocenters. The molecule has 1 amide bonds. The lowest BCUT2D eigenvalue weighted by Crippen LogP contribution is -2.48. The maximum Gasteiger partial charge on any atom is 0.326 e. The largest absolute Gasteiger partial charge is 0.480 e. The molecule has 1 fully saturated rings. The Hall–Kier alpha value is -1.10. The van der Waals surface area contributed by atoms with Crippen molar-refractivity contribution in [1.29, 1.82) is 0 Å². The van der Waals surface area contributed by atoms with E-state index in [1.807, 2.05) is 6.92 Å². The minimum atomic E-state index is -1.01. The van der Waals surface area contributed by atoms with E-state index in [1.54, 1.807) is 13.8 Å². The van der Waals surface area contributed by atoms with Crippen LogP contribution in [0.4, 0.5) is 0 Å². The normalized spacial score (nSPS) is 26.8. The Kier molecular flexibility index (Phi) is 4.29. The van der Waals surface area contributed by atoms with Crippen LogP contribution in [-0.4, -0.2) is 35.2 Å². The topological polar surface area (TPSA) is 75.6 Å². The molecular weight excluding hydrogens is 210 g/mol. The monoisotopic (exact) mass is 229 g/mol. The summed E-state index contributed by atoms with van der Waals surface area (Å²) in [5, 5.41) is 11.4. The van der Waals surface area contributed by atoms with Crippen LogP contribution in [0.25, 0.3) is 0 Å². The molecule has 0 aliphatic carbocycles. The maximum atomic E-state index is 11.7. The highest BCUT2D eigenvalue weighted by Crippen LogP contribution is 2.19. The summed E-state index contributed by atoms with van der Waals surface area (Å²) in [5.41, 5.74) is 0. The van der Waals surface area contributed by atoms with E-state index in [0.717, 1.165) is 6.42 Å². The lowest BCUT2D eigenvalue weighted by molar-refractivity contribution is -0.145. The molecule has 1 aliphatic rings. The summed E-state index contributed by atoms with van der Waals surface area (Å²) in [5.74, 6) is -1.46. The molecule has 0 radical (unpaired) electrons. The van der Waals surface area contributed by atoms with Crippen molar-refractivity contribution in [3.63, 3.8) is 0 Å². The molecule has 0 aromatic carbocycles. The van der Waals surface area contributed by atoms with E-state index in [0.29, 0.717) is 6.42 Å². The third-order valence-corrected chi connectivity index (χ3v) is 2.75. The average Bonchev–Trinajstić information content (AvgIpc) is 2.59. The van der Waals surface area contributed by atoms with E-state index in [1.165, 1.54) is 0 Å².